The Morgan fingerprint density at radius 1 is 0.571 bits per heavy atom. The standard InChI is InChI=1S/C15H24O3S3/c19-4-1-16-10-13-7-14(11-17-2-5-20)9-15(8-13)12-18-3-6-21/h7-9,19-21H,1-6,10-12H2. The summed E-state index contributed by atoms with van der Waals surface area (Å²) in [6.45, 7) is 3.69. The fraction of sp³-hybridized carbons (Fsp3) is 0.600. The second kappa shape index (κ2) is 12.7. The molecule has 120 valence electrons. The maximum Gasteiger partial charge on any atom is 0.0717 e. The van der Waals surface area contributed by atoms with Crippen molar-refractivity contribution in [1.82, 2.24) is 0 Å². The third-order valence-electron chi connectivity index (χ3n) is 2.63. The van der Waals surface area contributed by atoms with Gasteiger partial charge in [0.15, 0.2) is 0 Å². The zero-order valence-corrected chi connectivity index (χ0v) is 14.8. The molecule has 0 amide bonds. The van der Waals surface area contributed by atoms with Gasteiger partial charge < -0.3 is 14.2 Å². The molecular formula is C15H24O3S3. The highest BCUT2D eigenvalue weighted by molar-refractivity contribution is 7.80. The average Bonchev–Trinajstić information content (AvgIpc) is 2.48. The molecule has 0 unspecified atom stereocenters. The van der Waals surface area contributed by atoms with Crippen LogP contribution in [0.4, 0.5) is 0 Å². The second-order valence-electron chi connectivity index (χ2n) is 4.49. The number of benzene rings is 1. The highest BCUT2D eigenvalue weighted by atomic mass is 32.1. The lowest BCUT2D eigenvalue weighted by molar-refractivity contribution is 0.128. The van der Waals surface area contributed by atoms with Gasteiger partial charge in [-0.3, -0.25) is 0 Å². The van der Waals surface area contributed by atoms with E-state index in [1.807, 2.05) is 0 Å². The summed E-state index contributed by atoms with van der Waals surface area (Å²) in [7, 11) is 0. The number of thiol groups is 3. The van der Waals surface area contributed by atoms with Gasteiger partial charge in [0.25, 0.3) is 0 Å². The quantitative estimate of drug-likeness (QED) is 0.400. The zero-order valence-electron chi connectivity index (χ0n) is 12.2. The Labute approximate surface area is 144 Å². The summed E-state index contributed by atoms with van der Waals surface area (Å²) in [5.74, 6) is 2.17. The molecule has 0 aliphatic carbocycles. The summed E-state index contributed by atoms with van der Waals surface area (Å²) in [5.41, 5.74) is 3.40. The summed E-state index contributed by atoms with van der Waals surface area (Å²) in [5, 5.41) is 0. The third-order valence-corrected chi connectivity index (χ3v) is 3.17. The minimum atomic E-state index is 0.584. The first-order chi connectivity index (χ1) is 10.3. The van der Waals surface area contributed by atoms with Crippen LogP contribution < -0.4 is 0 Å². The number of hydrogen-bond donors (Lipinski definition) is 3. The predicted octanol–water partition coefficient (Wildman–Crippen LogP) is 3.03. The molecule has 0 saturated heterocycles. The van der Waals surface area contributed by atoms with Gasteiger partial charge in [0, 0.05) is 17.3 Å². The Morgan fingerprint density at radius 2 is 0.857 bits per heavy atom. The highest BCUT2D eigenvalue weighted by Crippen LogP contribution is 2.14. The number of ether oxygens (including phenoxy) is 3. The molecule has 0 atom stereocenters. The van der Waals surface area contributed by atoms with E-state index in [0.29, 0.717) is 39.6 Å². The fourth-order valence-corrected chi connectivity index (χ4v) is 2.24. The molecule has 21 heavy (non-hydrogen) atoms. The minimum Gasteiger partial charge on any atom is -0.376 e. The van der Waals surface area contributed by atoms with Crippen LogP contribution in [0.5, 0.6) is 0 Å². The van der Waals surface area contributed by atoms with Gasteiger partial charge in [-0.2, -0.15) is 37.9 Å². The summed E-state index contributed by atoms with van der Waals surface area (Å²) < 4.78 is 16.6. The van der Waals surface area contributed by atoms with Crippen molar-refractivity contribution in [3.63, 3.8) is 0 Å². The summed E-state index contributed by atoms with van der Waals surface area (Å²) in [6, 6.07) is 6.33. The van der Waals surface area contributed by atoms with Crippen LogP contribution in [-0.4, -0.2) is 37.1 Å². The molecule has 0 fully saturated rings. The predicted molar refractivity (Wildman–Crippen MR) is 97.0 cm³/mol. The van der Waals surface area contributed by atoms with Gasteiger partial charge in [-0.1, -0.05) is 18.2 Å². The molecule has 1 aromatic rings. The molecule has 3 nitrogen and oxygen atoms in total. The van der Waals surface area contributed by atoms with Crippen LogP contribution in [0.3, 0.4) is 0 Å². The molecule has 0 spiro atoms. The van der Waals surface area contributed by atoms with E-state index in [0.717, 1.165) is 33.9 Å². The van der Waals surface area contributed by atoms with Gasteiger partial charge in [-0.15, -0.1) is 0 Å². The first kappa shape index (κ1) is 19.2. The molecule has 0 aromatic heterocycles. The van der Waals surface area contributed by atoms with Gasteiger partial charge in [0.05, 0.1) is 39.6 Å². The van der Waals surface area contributed by atoms with Crippen LogP contribution in [0.25, 0.3) is 0 Å². The molecule has 1 rings (SSSR count). The molecule has 0 N–H and O–H groups in total. The molecule has 1 aromatic carbocycles. The van der Waals surface area contributed by atoms with E-state index in [2.05, 4.69) is 56.1 Å². The maximum atomic E-state index is 5.55. The van der Waals surface area contributed by atoms with Crippen molar-refractivity contribution < 1.29 is 14.2 Å². The van der Waals surface area contributed by atoms with Crippen molar-refractivity contribution in [2.24, 2.45) is 0 Å². The van der Waals surface area contributed by atoms with Gasteiger partial charge in [-0.05, 0) is 16.7 Å². The largest absolute Gasteiger partial charge is 0.376 e. The normalized spacial score (nSPS) is 11.0. The van der Waals surface area contributed by atoms with Gasteiger partial charge in [-0.25, -0.2) is 0 Å². The first-order valence-corrected chi connectivity index (χ1v) is 8.87. The van der Waals surface area contributed by atoms with E-state index in [1.54, 1.807) is 0 Å². The first-order valence-electron chi connectivity index (χ1n) is 6.97. The molecular weight excluding hydrogens is 324 g/mol. The van der Waals surface area contributed by atoms with Gasteiger partial charge in [0.2, 0.25) is 0 Å². The lowest BCUT2D eigenvalue weighted by Crippen LogP contribution is -2.03. The average molecular weight is 349 g/mol. The van der Waals surface area contributed by atoms with Crippen LogP contribution in [-0.2, 0) is 34.0 Å². The van der Waals surface area contributed by atoms with Crippen molar-refractivity contribution >= 4 is 37.9 Å². The monoisotopic (exact) mass is 348 g/mol. The van der Waals surface area contributed by atoms with Crippen molar-refractivity contribution in [2.75, 3.05) is 37.1 Å². The SMILES string of the molecule is SCCOCc1cc(COCCS)cc(COCCS)c1. The van der Waals surface area contributed by atoms with Crippen molar-refractivity contribution in [2.45, 2.75) is 19.8 Å². The maximum absolute atomic E-state index is 5.55. The van der Waals surface area contributed by atoms with E-state index >= 15 is 0 Å². The van der Waals surface area contributed by atoms with Crippen LogP contribution in [0, 0.1) is 0 Å². The third kappa shape index (κ3) is 9.01. The topological polar surface area (TPSA) is 27.7 Å². The summed E-state index contributed by atoms with van der Waals surface area (Å²) >= 11 is 12.4. The lowest BCUT2D eigenvalue weighted by Gasteiger charge is -2.11. The van der Waals surface area contributed by atoms with E-state index < -0.39 is 0 Å². The number of rotatable bonds is 12. The Hall–Kier alpha value is 0.150. The van der Waals surface area contributed by atoms with Crippen LogP contribution in [0.15, 0.2) is 18.2 Å². The Morgan fingerprint density at radius 3 is 1.10 bits per heavy atom. The van der Waals surface area contributed by atoms with Crippen LogP contribution in [0.1, 0.15) is 16.7 Å². The highest BCUT2D eigenvalue weighted by Gasteiger charge is 2.03. The van der Waals surface area contributed by atoms with Crippen LogP contribution in [0.2, 0.25) is 0 Å². The Kier molecular flexibility index (Phi) is 11.6. The van der Waals surface area contributed by atoms with E-state index in [9.17, 15) is 0 Å². The molecule has 0 heterocycles. The molecule has 0 saturated carbocycles. The molecule has 6 heteroatoms. The molecule has 0 radical (unpaired) electrons. The summed E-state index contributed by atoms with van der Waals surface area (Å²) in [6.07, 6.45) is 0. The van der Waals surface area contributed by atoms with E-state index in [-0.39, 0.29) is 0 Å². The van der Waals surface area contributed by atoms with Crippen molar-refractivity contribution in [3.8, 4) is 0 Å². The Bertz CT molecular complexity index is 319. The van der Waals surface area contributed by atoms with E-state index in [1.165, 1.54) is 0 Å². The summed E-state index contributed by atoms with van der Waals surface area (Å²) in [4.78, 5) is 0. The van der Waals surface area contributed by atoms with Gasteiger partial charge >= 0.3 is 0 Å². The Balaban J connectivity index is 2.65. The van der Waals surface area contributed by atoms with Crippen LogP contribution >= 0.6 is 37.9 Å². The molecule has 0 aliphatic heterocycles. The fourth-order valence-electron chi connectivity index (χ4n) is 1.85. The van der Waals surface area contributed by atoms with Crippen molar-refractivity contribution in [3.05, 3.63) is 34.9 Å². The minimum absolute atomic E-state index is 0.584. The second-order valence-corrected chi connectivity index (χ2v) is 5.83. The number of hydrogen-bond acceptors (Lipinski definition) is 6. The lowest BCUT2D eigenvalue weighted by atomic mass is 10.1. The zero-order chi connectivity index (χ0) is 15.3. The molecule has 0 bridgehead atoms. The molecule has 0 aliphatic rings. The van der Waals surface area contributed by atoms with Crippen molar-refractivity contribution in [1.29, 1.82) is 0 Å². The van der Waals surface area contributed by atoms with E-state index in [4.69, 9.17) is 14.2 Å². The smallest absolute Gasteiger partial charge is 0.0717 e. The van der Waals surface area contributed by atoms with Gasteiger partial charge in [0.1, 0.15) is 0 Å².